The van der Waals surface area contributed by atoms with E-state index in [1.54, 1.807) is 6.07 Å². The van der Waals surface area contributed by atoms with Crippen molar-refractivity contribution in [1.29, 1.82) is 0 Å². The highest BCUT2D eigenvalue weighted by Crippen LogP contribution is 2.24. The van der Waals surface area contributed by atoms with Crippen LogP contribution in [0, 0.1) is 5.82 Å². The fourth-order valence-electron chi connectivity index (χ4n) is 1.56. The van der Waals surface area contributed by atoms with Crippen molar-refractivity contribution in [3.8, 4) is 0 Å². The molecule has 18 heavy (non-hydrogen) atoms. The summed E-state index contributed by atoms with van der Waals surface area (Å²) in [5.41, 5.74) is 6.55. The van der Waals surface area contributed by atoms with Crippen molar-refractivity contribution in [2.45, 2.75) is 0 Å². The second-order valence-corrected chi connectivity index (χ2v) is 5.05. The van der Waals surface area contributed by atoms with E-state index in [2.05, 4.69) is 15.9 Å². The van der Waals surface area contributed by atoms with Gasteiger partial charge in [0.2, 0.25) is 0 Å². The summed E-state index contributed by atoms with van der Waals surface area (Å²) in [7, 11) is 0. The van der Waals surface area contributed by atoms with E-state index < -0.39 is 5.82 Å². The lowest BCUT2D eigenvalue weighted by Crippen LogP contribution is -2.03. The van der Waals surface area contributed by atoms with Gasteiger partial charge >= 0.3 is 0 Å². The molecular formula is C13H8BrClFNO. The van der Waals surface area contributed by atoms with Crippen LogP contribution in [-0.2, 0) is 0 Å². The van der Waals surface area contributed by atoms with Crippen LogP contribution in [0.5, 0.6) is 0 Å². The number of carbonyl (C=O) groups is 1. The van der Waals surface area contributed by atoms with Gasteiger partial charge in [0.15, 0.2) is 5.78 Å². The van der Waals surface area contributed by atoms with Crippen molar-refractivity contribution < 1.29 is 9.18 Å². The number of nitrogens with two attached hydrogens (primary N) is 1. The first-order chi connectivity index (χ1) is 8.47. The molecule has 2 nitrogen and oxygen atoms in total. The van der Waals surface area contributed by atoms with Crippen LogP contribution in [0.3, 0.4) is 0 Å². The average molecular weight is 329 g/mol. The predicted octanol–water partition coefficient (Wildman–Crippen LogP) is 4.05. The Morgan fingerprint density at radius 1 is 1.22 bits per heavy atom. The van der Waals surface area contributed by atoms with Crippen molar-refractivity contribution in [3.63, 3.8) is 0 Å². The van der Waals surface area contributed by atoms with Gasteiger partial charge in [0.25, 0.3) is 0 Å². The van der Waals surface area contributed by atoms with Gasteiger partial charge in [0, 0.05) is 21.3 Å². The van der Waals surface area contributed by atoms with E-state index in [0.29, 0.717) is 15.7 Å². The van der Waals surface area contributed by atoms with Gasteiger partial charge in [-0.1, -0.05) is 27.5 Å². The van der Waals surface area contributed by atoms with Crippen LogP contribution in [-0.4, -0.2) is 5.78 Å². The first-order valence-corrected chi connectivity index (χ1v) is 6.20. The monoisotopic (exact) mass is 327 g/mol. The maximum absolute atomic E-state index is 13.2. The van der Waals surface area contributed by atoms with Crippen LogP contribution in [0.25, 0.3) is 0 Å². The van der Waals surface area contributed by atoms with Crippen LogP contribution in [0.1, 0.15) is 15.9 Å². The molecule has 0 spiro atoms. The smallest absolute Gasteiger partial charge is 0.194 e. The Morgan fingerprint density at radius 3 is 2.56 bits per heavy atom. The Hall–Kier alpha value is -1.39. The molecule has 2 aromatic carbocycles. The molecule has 0 aliphatic rings. The molecule has 0 radical (unpaired) electrons. The number of rotatable bonds is 2. The van der Waals surface area contributed by atoms with Crippen LogP contribution in [0.4, 0.5) is 10.1 Å². The van der Waals surface area contributed by atoms with Crippen LogP contribution < -0.4 is 5.73 Å². The fraction of sp³-hybridized carbons (Fsp3) is 0. The highest BCUT2D eigenvalue weighted by Gasteiger charge is 2.14. The lowest BCUT2D eigenvalue weighted by Gasteiger charge is -2.05. The first-order valence-electron chi connectivity index (χ1n) is 5.03. The zero-order chi connectivity index (χ0) is 13.3. The van der Waals surface area contributed by atoms with Gasteiger partial charge in [-0.15, -0.1) is 0 Å². The lowest BCUT2D eigenvalue weighted by atomic mass is 10.0. The highest BCUT2D eigenvalue weighted by molar-refractivity contribution is 9.10. The van der Waals surface area contributed by atoms with E-state index in [9.17, 15) is 9.18 Å². The number of hydrogen-bond acceptors (Lipinski definition) is 2. The van der Waals surface area contributed by atoms with Crippen molar-refractivity contribution >= 4 is 39.0 Å². The minimum Gasteiger partial charge on any atom is -0.399 e. The fourth-order valence-corrected chi connectivity index (χ4v) is 2.30. The minimum absolute atomic E-state index is 0.230. The molecule has 2 aromatic rings. The van der Waals surface area contributed by atoms with Gasteiger partial charge in [0.05, 0.1) is 5.02 Å². The molecule has 0 atom stereocenters. The molecule has 2 rings (SSSR count). The topological polar surface area (TPSA) is 43.1 Å². The summed E-state index contributed by atoms with van der Waals surface area (Å²) in [5.74, 6) is -0.834. The van der Waals surface area contributed by atoms with E-state index in [-0.39, 0.29) is 16.4 Å². The van der Waals surface area contributed by atoms with Gasteiger partial charge in [-0.2, -0.15) is 0 Å². The number of halogens is 3. The molecule has 0 aliphatic heterocycles. The Balaban J connectivity index is 2.47. The lowest BCUT2D eigenvalue weighted by molar-refractivity contribution is 0.103. The molecule has 0 heterocycles. The van der Waals surface area contributed by atoms with Crippen molar-refractivity contribution in [1.82, 2.24) is 0 Å². The summed E-state index contributed by atoms with van der Waals surface area (Å²) in [4.78, 5) is 12.2. The molecule has 0 aromatic heterocycles. The number of benzene rings is 2. The van der Waals surface area contributed by atoms with Gasteiger partial charge in [0.1, 0.15) is 5.82 Å². The number of anilines is 1. The largest absolute Gasteiger partial charge is 0.399 e. The Morgan fingerprint density at radius 2 is 1.94 bits per heavy atom. The van der Waals surface area contributed by atoms with E-state index in [0.717, 1.165) is 0 Å². The molecule has 0 aliphatic carbocycles. The second-order valence-electron chi connectivity index (χ2n) is 3.73. The Bertz CT molecular complexity index is 610. The molecule has 0 fully saturated rings. The molecule has 0 amide bonds. The molecule has 0 saturated heterocycles. The van der Waals surface area contributed by atoms with Crippen LogP contribution in [0.2, 0.25) is 5.02 Å². The second kappa shape index (κ2) is 5.08. The maximum atomic E-state index is 13.2. The van der Waals surface area contributed by atoms with Gasteiger partial charge in [-0.3, -0.25) is 4.79 Å². The average Bonchev–Trinajstić information content (AvgIpc) is 2.26. The summed E-state index contributed by atoms with van der Waals surface area (Å²) in [5, 5.41) is 0.250. The molecule has 2 N–H and O–H groups in total. The summed E-state index contributed by atoms with van der Waals surface area (Å²) in [6.45, 7) is 0. The summed E-state index contributed by atoms with van der Waals surface area (Å²) < 4.78 is 13.7. The van der Waals surface area contributed by atoms with Crippen molar-refractivity contribution in [2.75, 3.05) is 5.73 Å². The van der Waals surface area contributed by atoms with Gasteiger partial charge in [-0.05, 0) is 36.4 Å². The van der Waals surface area contributed by atoms with Crippen molar-refractivity contribution in [2.24, 2.45) is 0 Å². The molecular weight excluding hydrogens is 321 g/mol. The molecule has 0 saturated carbocycles. The minimum atomic E-state index is -0.487. The maximum Gasteiger partial charge on any atom is 0.194 e. The normalized spacial score (nSPS) is 10.4. The van der Waals surface area contributed by atoms with Crippen molar-refractivity contribution in [3.05, 3.63) is 62.8 Å². The summed E-state index contributed by atoms with van der Waals surface area (Å²) in [6.07, 6.45) is 0. The quantitative estimate of drug-likeness (QED) is 0.667. The molecule has 0 unspecified atom stereocenters. The molecule has 5 heteroatoms. The van der Waals surface area contributed by atoms with Crippen LogP contribution in [0.15, 0.2) is 40.9 Å². The number of nitrogen functional groups attached to an aromatic ring is 1. The van der Waals surface area contributed by atoms with E-state index >= 15 is 0 Å². The number of carbonyl (C=O) groups excluding carboxylic acids is 1. The third-order valence-corrected chi connectivity index (χ3v) is 3.13. The standard InChI is InChI=1S/C13H8BrClFNO/c14-8-3-7(4-9(16)5-8)13(18)11-2-1-10(17)6-12(11)15/h1-6H,17H2. The first kappa shape index (κ1) is 13.1. The Labute approximate surface area is 117 Å². The van der Waals surface area contributed by atoms with Crippen LogP contribution >= 0.6 is 27.5 Å². The van der Waals surface area contributed by atoms with E-state index in [4.69, 9.17) is 17.3 Å². The third-order valence-electron chi connectivity index (χ3n) is 2.36. The van der Waals surface area contributed by atoms with Gasteiger partial charge in [-0.25, -0.2) is 4.39 Å². The van der Waals surface area contributed by atoms with E-state index in [1.165, 1.54) is 30.3 Å². The number of hydrogen-bond donors (Lipinski definition) is 1. The predicted molar refractivity (Wildman–Crippen MR) is 73.4 cm³/mol. The number of ketones is 1. The molecule has 92 valence electrons. The van der Waals surface area contributed by atoms with E-state index in [1.807, 2.05) is 0 Å². The van der Waals surface area contributed by atoms with Gasteiger partial charge < -0.3 is 5.73 Å². The molecule has 0 bridgehead atoms. The zero-order valence-corrected chi connectivity index (χ0v) is 11.4. The third kappa shape index (κ3) is 2.71. The zero-order valence-electron chi connectivity index (χ0n) is 9.08. The SMILES string of the molecule is Nc1ccc(C(=O)c2cc(F)cc(Br)c2)c(Cl)c1. The summed E-state index contributed by atoms with van der Waals surface area (Å²) >= 11 is 9.09. The Kier molecular flexibility index (Phi) is 3.68. The summed E-state index contributed by atoms with van der Waals surface area (Å²) in [6, 6.07) is 8.58. The highest BCUT2D eigenvalue weighted by atomic mass is 79.9.